The number of rotatable bonds is 6. The second kappa shape index (κ2) is 9.42. The molecule has 1 saturated heterocycles. The number of carbonyl (C=O) groups excluding carboxylic acids is 2. The highest BCUT2D eigenvalue weighted by Crippen LogP contribution is 2.37. The van der Waals surface area contributed by atoms with Crippen LogP contribution in [0.5, 0.6) is 0 Å². The largest absolute Gasteiger partial charge is 0.372 e. The first kappa shape index (κ1) is 23.1. The van der Waals surface area contributed by atoms with Gasteiger partial charge in [0.15, 0.2) is 0 Å². The fraction of sp³-hybridized carbons (Fsp3) is 0.429. The van der Waals surface area contributed by atoms with Crippen LogP contribution in [0.15, 0.2) is 48.2 Å². The standard InChI is InChI=1S/C28H35N3O2/c1-6-29(7-2)23-12-14-24(15-13-23)31-27(32)25(22-11-10-20(4)21(5)17-22)26(28(31)33)30-16-8-9-19(3)18-30/h10-15,17,19H,6-9,16,18H2,1-5H3. The number of hydrogen-bond acceptors (Lipinski definition) is 4. The number of hydrogen-bond donors (Lipinski definition) is 0. The fourth-order valence-electron chi connectivity index (χ4n) is 5.00. The van der Waals surface area contributed by atoms with Crippen LogP contribution >= 0.6 is 0 Å². The topological polar surface area (TPSA) is 43.9 Å². The van der Waals surface area contributed by atoms with Crippen LogP contribution in [0, 0.1) is 19.8 Å². The van der Waals surface area contributed by atoms with Gasteiger partial charge in [0.25, 0.3) is 11.8 Å². The Kier molecular flexibility index (Phi) is 6.59. The van der Waals surface area contributed by atoms with Gasteiger partial charge in [-0.2, -0.15) is 0 Å². The van der Waals surface area contributed by atoms with Crippen molar-refractivity contribution in [2.75, 3.05) is 36.0 Å². The molecule has 2 aromatic carbocycles. The molecule has 1 fully saturated rings. The lowest BCUT2D eigenvalue weighted by molar-refractivity contribution is -0.120. The third-order valence-electron chi connectivity index (χ3n) is 7.06. The molecule has 0 N–H and O–H groups in total. The van der Waals surface area contributed by atoms with Gasteiger partial charge in [-0.05, 0) is 87.4 Å². The lowest BCUT2D eigenvalue weighted by atomic mass is 9.96. The maximum absolute atomic E-state index is 13.8. The highest BCUT2D eigenvalue weighted by Gasteiger charge is 2.43. The Morgan fingerprint density at radius 1 is 0.939 bits per heavy atom. The molecule has 4 rings (SSSR count). The smallest absolute Gasteiger partial charge is 0.282 e. The monoisotopic (exact) mass is 445 g/mol. The molecule has 0 spiro atoms. The molecule has 2 amide bonds. The van der Waals surface area contributed by atoms with Gasteiger partial charge in [0.1, 0.15) is 5.70 Å². The van der Waals surface area contributed by atoms with Gasteiger partial charge in [0.2, 0.25) is 0 Å². The van der Waals surface area contributed by atoms with Crippen molar-refractivity contribution < 1.29 is 9.59 Å². The molecule has 0 aliphatic carbocycles. The molecule has 33 heavy (non-hydrogen) atoms. The molecule has 2 aliphatic rings. The van der Waals surface area contributed by atoms with Crippen molar-refractivity contribution >= 4 is 28.8 Å². The van der Waals surface area contributed by atoms with Gasteiger partial charge in [-0.15, -0.1) is 0 Å². The van der Waals surface area contributed by atoms with Crippen LogP contribution in [0.1, 0.15) is 50.3 Å². The Balaban J connectivity index is 1.76. The van der Waals surface area contributed by atoms with Crippen molar-refractivity contribution in [3.8, 4) is 0 Å². The number of nitrogens with zero attached hydrogens (tertiary/aromatic N) is 3. The minimum absolute atomic E-state index is 0.210. The summed E-state index contributed by atoms with van der Waals surface area (Å²) < 4.78 is 0. The predicted octanol–water partition coefficient (Wildman–Crippen LogP) is 5.17. The van der Waals surface area contributed by atoms with E-state index in [1.807, 2.05) is 49.4 Å². The lowest BCUT2D eigenvalue weighted by Gasteiger charge is -2.33. The number of piperidine rings is 1. The van der Waals surface area contributed by atoms with E-state index in [-0.39, 0.29) is 11.8 Å². The van der Waals surface area contributed by atoms with Crippen LogP contribution in [0.25, 0.3) is 5.57 Å². The predicted molar refractivity (Wildman–Crippen MR) is 135 cm³/mol. The summed E-state index contributed by atoms with van der Waals surface area (Å²) in [5.41, 5.74) is 5.93. The summed E-state index contributed by atoms with van der Waals surface area (Å²) in [7, 11) is 0. The van der Waals surface area contributed by atoms with Gasteiger partial charge in [0, 0.05) is 31.9 Å². The minimum atomic E-state index is -0.230. The first-order valence-electron chi connectivity index (χ1n) is 12.2. The molecule has 0 aromatic heterocycles. The van der Waals surface area contributed by atoms with Crippen LogP contribution in [-0.2, 0) is 9.59 Å². The van der Waals surface area contributed by atoms with Gasteiger partial charge >= 0.3 is 0 Å². The Morgan fingerprint density at radius 2 is 1.64 bits per heavy atom. The van der Waals surface area contributed by atoms with E-state index >= 15 is 0 Å². The summed E-state index contributed by atoms with van der Waals surface area (Å²) in [5.74, 6) is 0.0579. The number of aryl methyl sites for hydroxylation is 2. The molecule has 0 bridgehead atoms. The Bertz CT molecular complexity index is 1080. The summed E-state index contributed by atoms with van der Waals surface area (Å²) in [5, 5.41) is 0. The average Bonchev–Trinajstić information content (AvgIpc) is 3.07. The van der Waals surface area contributed by atoms with E-state index in [1.54, 1.807) is 0 Å². The van der Waals surface area contributed by atoms with Gasteiger partial charge in [0.05, 0.1) is 11.3 Å². The maximum atomic E-state index is 13.8. The van der Waals surface area contributed by atoms with Crippen LogP contribution in [0.4, 0.5) is 11.4 Å². The SMILES string of the molecule is CCN(CC)c1ccc(N2C(=O)C(c3ccc(C)c(C)c3)=C(N3CCCC(C)C3)C2=O)cc1. The average molecular weight is 446 g/mol. The number of imide groups is 1. The molecular weight excluding hydrogens is 410 g/mol. The quantitative estimate of drug-likeness (QED) is 0.576. The van der Waals surface area contributed by atoms with Gasteiger partial charge in [-0.3, -0.25) is 9.59 Å². The summed E-state index contributed by atoms with van der Waals surface area (Å²) in [6.45, 7) is 14.0. The highest BCUT2D eigenvalue weighted by molar-refractivity contribution is 6.45. The molecule has 0 saturated carbocycles. The molecule has 0 radical (unpaired) electrons. The molecular formula is C28H35N3O2. The van der Waals surface area contributed by atoms with Crippen LogP contribution < -0.4 is 9.80 Å². The van der Waals surface area contributed by atoms with Crippen LogP contribution in [0.2, 0.25) is 0 Å². The molecule has 5 nitrogen and oxygen atoms in total. The Morgan fingerprint density at radius 3 is 2.24 bits per heavy atom. The Hall–Kier alpha value is -3.08. The zero-order chi connectivity index (χ0) is 23.7. The first-order valence-corrected chi connectivity index (χ1v) is 12.2. The van der Waals surface area contributed by atoms with Crippen LogP contribution in [-0.4, -0.2) is 42.9 Å². The zero-order valence-electron chi connectivity index (χ0n) is 20.5. The van der Waals surface area contributed by atoms with Crippen molar-refractivity contribution in [2.45, 2.75) is 47.5 Å². The Labute approximate surface area is 197 Å². The molecule has 2 aromatic rings. The van der Waals surface area contributed by atoms with E-state index in [0.717, 1.165) is 55.8 Å². The van der Waals surface area contributed by atoms with E-state index in [9.17, 15) is 9.59 Å². The van der Waals surface area contributed by atoms with Gasteiger partial charge < -0.3 is 9.80 Å². The summed E-state index contributed by atoms with van der Waals surface area (Å²) in [6, 6.07) is 13.8. The number of likely N-dealkylation sites (tertiary alicyclic amines) is 1. The lowest BCUT2D eigenvalue weighted by Crippen LogP contribution is -2.39. The van der Waals surface area contributed by atoms with Crippen LogP contribution in [0.3, 0.4) is 0 Å². The number of carbonyl (C=O) groups is 2. The van der Waals surface area contributed by atoms with Crippen molar-refractivity contribution in [1.29, 1.82) is 0 Å². The third kappa shape index (κ3) is 4.29. The highest BCUT2D eigenvalue weighted by atomic mass is 16.2. The third-order valence-corrected chi connectivity index (χ3v) is 7.06. The van der Waals surface area contributed by atoms with Gasteiger partial charge in [-0.1, -0.05) is 25.1 Å². The number of amides is 2. The number of anilines is 2. The maximum Gasteiger partial charge on any atom is 0.282 e. The normalized spacial score (nSPS) is 19.0. The van der Waals surface area contributed by atoms with Crippen molar-refractivity contribution in [3.63, 3.8) is 0 Å². The minimum Gasteiger partial charge on any atom is -0.372 e. The van der Waals surface area contributed by atoms with E-state index in [4.69, 9.17) is 0 Å². The van der Waals surface area contributed by atoms with E-state index in [1.165, 1.54) is 10.5 Å². The van der Waals surface area contributed by atoms with Crippen molar-refractivity contribution in [3.05, 3.63) is 64.9 Å². The summed E-state index contributed by atoms with van der Waals surface area (Å²) in [4.78, 5) is 33.3. The summed E-state index contributed by atoms with van der Waals surface area (Å²) >= 11 is 0. The molecule has 2 aliphatic heterocycles. The molecule has 2 heterocycles. The molecule has 1 atom stereocenters. The van der Waals surface area contributed by atoms with E-state index in [0.29, 0.717) is 22.9 Å². The zero-order valence-corrected chi connectivity index (χ0v) is 20.5. The van der Waals surface area contributed by atoms with E-state index < -0.39 is 0 Å². The molecule has 5 heteroatoms. The molecule has 174 valence electrons. The second-order valence-electron chi connectivity index (χ2n) is 9.35. The fourth-order valence-corrected chi connectivity index (χ4v) is 5.00. The summed E-state index contributed by atoms with van der Waals surface area (Å²) in [6.07, 6.45) is 2.19. The second-order valence-corrected chi connectivity index (χ2v) is 9.35. The van der Waals surface area contributed by atoms with E-state index in [2.05, 4.69) is 37.5 Å². The number of benzene rings is 2. The van der Waals surface area contributed by atoms with Gasteiger partial charge in [-0.25, -0.2) is 4.90 Å². The molecule has 1 unspecified atom stereocenters. The first-order chi connectivity index (χ1) is 15.8. The van der Waals surface area contributed by atoms with Crippen molar-refractivity contribution in [1.82, 2.24) is 4.90 Å². The van der Waals surface area contributed by atoms with Crippen molar-refractivity contribution in [2.24, 2.45) is 5.92 Å².